The number of nitrogens with one attached hydrogen (secondary N) is 2. The number of anilines is 2. The molecule has 1 rings (SSSR count). The summed E-state index contributed by atoms with van der Waals surface area (Å²) in [5.74, 6) is 6.38. The molecule has 0 unspecified atom stereocenters. The molecular weight excluding hydrogens is 206 g/mol. The van der Waals surface area contributed by atoms with Crippen LogP contribution in [-0.2, 0) is 0 Å². The molecule has 0 saturated heterocycles. The van der Waals surface area contributed by atoms with E-state index in [9.17, 15) is 5.11 Å². The van der Waals surface area contributed by atoms with Gasteiger partial charge >= 0.3 is 0 Å². The van der Waals surface area contributed by atoms with E-state index in [1.54, 1.807) is 19.9 Å². The van der Waals surface area contributed by atoms with E-state index >= 15 is 0 Å². The second-order valence-corrected chi connectivity index (χ2v) is 4.74. The third kappa shape index (κ3) is 2.80. The summed E-state index contributed by atoms with van der Waals surface area (Å²) in [7, 11) is 0. The lowest BCUT2D eigenvalue weighted by molar-refractivity contribution is 0.0239. The van der Waals surface area contributed by atoms with Gasteiger partial charge in [0.25, 0.3) is 0 Å². The topological polar surface area (TPSA) is 96.1 Å². The Bertz CT molecular complexity index is 358. The molecule has 0 aliphatic carbocycles. The third-order valence-electron chi connectivity index (χ3n) is 2.79. The molecule has 1 aromatic heterocycles. The van der Waals surface area contributed by atoms with Crippen LogP contribution >= 0.6 is 0 Å². The van der Waals surface area contributed by atoms with E-state index in [1.165, 1.54) is 6.33 Å². The number of rotatable bonds is 4. The Morgan fingerprint density at radius 1 is 1.19 bits per heavy atom. The van der Waals surface area contributed by atoms with E-state index in [4.69, 9.17) is 5.84 Å². The minimum atomic E-state index is -0.881. The standard InChI is InChI=1S/C10H19N5O/c1-9(2,10(3,4)16)14-7-5-8(15-11)13-6-12-7/h5-6,16H,11H2,1-4H3,(H2,12,13,14,15). The number of aliphatic hydroxyl groups is 1. The van der Waals surface area contributed by atoms with Crippen molar-refractivity contribution >= 4 is 11.6 Å². The smallest absolute Gasteiger partial charge is 0.145 e. The van der Waals surface area contributed by atoms with Crippen molar-refractivity contribution in [1.29, 1.82) is 0 Å². The van der Waals surface area contributed by atoms with Crippen LogP contribution in [0, 0.1) is 0 Å². The quantitative estimate of drug-likeness (QED) is 0.445. The highest BCUT2D eigenvalue weighted by molar-refractivity contribution is 5.47. The maximum Gasteiger partial charge on any atom is 0.145 e. The second-order valence-electron chi connectivity index (χ2n) is 4.74. The van der Waals surface area contributed by atoms with Crippen LogP contribution in [0.15, 0.2) is 12.4 Å². The van der Waals surface area contributed by atoms with Gasteiger partial charge in [0.1, 0.15) is 18.0 Å². The van der Waals surface area contributed by atoms with Crippen molar-refractivity contribution in [3.05, 3.63) is 12.4 Å². The predicted octanol–water partition coefficient (Wildman–Crippen LogP) is 0.724. The molecule has 0 fully saturated rings. The summed E-state index contributed by atoms with van der Waals surface area (Å²) in [5.41, 5.74) is 1.04. The van der Waals surface area contributed by atoms with Crippen molar-refractivity contribution < 1.29 is 5.11 Å². The molecule has 5 N–H and O–H groups in total. The fourth-order valence-electron chi connectivity index (χ4n) is 0.978. The van der Waals surface area contributed by atoms with Crippen molar-refractivity contribution in [3.63, 3.8) is 0 Å². The molecule has 0 amide bonds. The highest BCUT2D eigenvalue weighted by atomic mass is 16.3. The number of nitrogen functional groups attached to an aromatic ring is 1. The third-order valence-corrected chi connectivity index (χ3v) is 2.79. The Morgan fingerprint density at radius 3 is 2.25 bits per heavy atom. The lowest BCUT2D eigenvalue weighted by Crippen LogP contribution is -2.51. The van der Waals surface area contributed by atoms with Gasteiger partial charge < -0.3 is 15.8 Å². The average molecular weight is 225 g/mol. The van der Waals surface area contributed by atoms with E-state index in [1.807, 2.05) is 13.8 Å². The van der Waals surface area contributed by atoms with Crippen LogP contribution in [-0.4, -0.2) is 26.2 Å². The maximum absolute atomic E-state index is 9.99. The zero-order chi connectivity index (χ0) is 12.4. The number of hydrogen-bond donors (Lipinski definition) is 4. The molecule has 16 heavy (non-hydrogen) atoms. The molecule has 0 radical (unpaired) electrons. The van der Waals surface area contributed by atoms with E-state index in [2.05, 4.69) is 20.7 Å². The average Bonchev–Trinajstić information content (AvgIpc) is 2.15. The summed E-state index contributed by atoms with van der Waals surface area (Å²) in [4.78, 5) is 7.96. The number of hydrogen-bond acceptors (Lipinski definition) is 6. The van der Waals surface area contributed by atoms with Crippen LogP contribution < -0.4 is 16.6 Å². The summed E-state index contributed by atoms with van der Waals surface area (Å²) in [6.07, 6.45) is 1.40. The Balaban J connectivity index is 2.88. The Hall–Kier alpha value is -1.40. The van der Waals surface area contributed by atoms with E-state index in [0.717, 1.165) is 0 Å². The Labute approximate surface area is 95.3 Å². The van der Waals surface area contributed by atoms with Crippen LogP contribution in [0.5, 0.6) is 0 Å². The molecule has 0 aliphatic heterocycles. The van der Waals surface area contributed by atoms with Gasteiger partial charge in [-0.15, -0.1) is 0 Å². The van der Waals surface area contributed by atoms with Gasteiger partial charge in [-0.1, -0.05) is 0 Å². The van der Waals surface area contributed by atoms with Crippen molar-refractivity contribution in [2.24, 2.45) is 5.84 Å². The van der Waals surface area contributed by atoms with Crippen LogP contribution in [0.1, 0.15) is 27.7 Å². The lowest BCUT2D eigenvalue weighted by Gasteiger charge is -2.38. The molecule has 0 bridgehead atoms. The number of aromatic nitrogens is 2. The summed E-state index contributed by atoms with van der Waals surface area (Å²) in [6, 6.07) is 1.67. The van der Waals surface area contributed by atoms with Gasteiger partial charge in [-0.2, -0.15) is 0 Å². The van der Waals surface area contributed by atoms with Gasteiger partial charge in [-0.3, -0.25) is 0 Å². The van der Waals surface area contributed by atoms with Crippen molar-refractivity contribution in [1.82, 2.24) is 9.97 Å². The molecule has 0 aliphatic rings. The molecule has 1 heterocycles. The first-order valence-electron chi connectivity index (χ1n) is 5.05. The van der Waals surface area contributed by atoms with E-state index < -0.39 is 11.1 Å². The molecular formula is C10H19N5O. The van der Waals surface area contributed by atoms with Crippen LogP contribution in [0.3, 0.4) is 0 Å². The second kappa shape index (κ2) is 4.23. The van der Waals surface area contributed by atoms with Gasteiger partial charge in [0.2, 0.25) is 0 Å². The van der Waals surface area contributed by atoms with Gasteiger partial charge in [0.05, 0.1) is 11.1 Å². The highest BCUT2D eigenvalue weighted by Gasteiger charge is 2.35. The summed E-state index contributed by atoms with van der Waals surface area (Å²) in [5, 5.41) is 13.1. The molecule has 0 spiro atoms. The molecule has 90 valence electrons. The first-order chi connectivity index (χ1) is 7.26. The van der Waals surface area contributed by atoms with E-state index in [-0.39, 0.29) is 0 Å². The van der Waals surface area contributed by atoms with Crippen molar-refractivity contribution in [2.75, 3.05) is 10.7 Å². The van der Waals surface area contributed by atoms with Gasteiger partial charge in [0, 0.05) is 6.07 Å². The molecule has 6 heteroatoms. The summed E-state index contributed by atoms with van der Waals surface area (Å²) >= 11 is 0. The number of hydrazine groups is 1. The maximum atomic E-state index is 9.99. The van der Waals surface area contributed by atoms with Crippen LogP contribution in [0.25, 0.3) is 0 Å². The number of nitrogens with zero attached hydrogens (tertiary/aromatic N) is 2. The van der Waals surface area contributed by atoms with Gasteiger partial charge in [0.15, 0.2) is 0 Å². The SMILES string of the molecule is CC(C)(O)C(C)(C)Nc1cc(NN)ncn1. The predicted molar refractivity (Wildman–Crippen MR) is 63.8 cm³/mol. The van der Waals surface area contributed by atoms with Crippen molar-refractivity contribution in [2.45, 2.75) is 38.8 Å². The van der Waals surface area contributed by atoms with Crippen LogP contribution in [0.4, 0.5) is 11.6 Å². The first-order valence-corrected chi connectivity index (χ1v) is 5.05. The summed E-state index contributed by atoms with van der Waals surface area (Å²) in [6.45, 7) is 7.27. The molecule has 0 saturated carbocycles. The minimum absolute atomic E-state index is 0.518. The van der Waals surface area contributed by atoms with Crippen molar-refractivity contribution in [3.8, 4) is 0 Å². The molecule has 0 atom stereocenters. The van der Waals surface area contributed by atoms with Gasteiger partial charge in [-0.05, 0) is 27.7 Å². The largest absolute Gasteiger partial charge is 0.388 e. The zero-order valence-electron chi connectivity index (χ0n) is 10.1. The highest BCUT2D eigenvalue weighted by Crippen LogP contribution is 2.25. The Kier molecular flexibility index (Phi) is 3.35. The summed E-state index contributed by atoms with van der Waals surface area (Å²) < 4.78 is 0. The molecule has 0 aromatic carbocycles. The fourth-order valence-corrected chi connectivity index (χ4v) is 0.978. The fraction of sp³-hybridized carbons (Fsp3) is 0.600. The van der Waals surface area contributed by atoms with E-state index in [0.29, 0.717) is 11.6 Å². The van der Waals surface area contributed by atoms with Crippen LogP contribution in [0.2, 0.25) is 0 Å². The number of nitrogens with two attached hydrogens (primary N) is 1. The van der Waals surface area contributed by atoms with Gasteiger partial charge in [-0.25, -0.2) is 15.8 Å². The monoisotopic (exact) mass is 225 g/mol. The normalized spacial score (nSPS) is 12.4. The molecule has 6 nitrogen and oxygen atoms in total. The lowest BCUT2D eigenvalue weighted by atomic mass is 9.86. The zero-order valence-corrected chi connectivity index (χ0v) is 10.1. The Morgan fingerprint density at radius 2 is 1.75 bits per heavy atom. The molecule has 1 aromatic rings. The first kappa shape index (κ1) is 12.7. The minimum Gasteiger partial charge on any atom is -0.388 e.